The minimum Gasteiger partial charge on any atom is -0.367 e. The van der Waals surface area contributed by atoms with Crippen molar-refractivity contribution in [1.29, 1.82) is 0 Å². The average molecular weight is 421 g/mol. The summed E-state index contributed by atoms with van der Waals surface area (Å²) in [5.41, 5.74) is 6.10. The number of rotatable bonds is 4. The fourth-order valence-electron chi connectivity index (χ4n) is 4.40. The van der Waals surface area contributed by atoms with Crippen LogP contribution in [0.15, 0.2) is 67.0 Å². The van der Waals surface area contributed by atoms with Crippen molar-refractivity contribution >= 4 is 11.5 Å². The van der Waals surface area contributed by atoms with Gasteiger partial charge in [0.1, 0.15) is 22.9 Å². The van der Waals surface area contributed by atoms with Crippen LogP contribution in [0.4, 0.5) is 5.82 Å². The van der Waals surface area contributed by atoms with E-state index in [1.54, 1.807) is 6.20 Å². The molecule has 32 heavy (non-hydrogen) atoms. The van der Waals surface area contributed by atoms with E-state index in [2.05, 4.69) is 70.0 Å². The highest BCUT2D eigenvalue weighted by molar-refractivity contribution is 5.77. The normalized spacial score (nSPS) is 14.2. The molecule has 0 spiro atoms. The summed E-state index contributed by atoms with van der Waals surface area (Å²) in [5.74, 6) is 7.50. The lowest BCUT2D eigenvalue weighted by Gasteiger charge is -2.24. The molecule has 5 rings (SSSR count). The summed E-state index contributed by atoms with van der Waals surface area (Å²) >= 11 is 0. The van der Waals surface area contributed by atoms with Crippen LogP contribution in [0.1, 0.15) is 55.8 Å². The predicted octanol–water partition coefficient (Wildman–Crippen LogP) is 6.10. The van der Waals surface area contributed by atoms with Gasteiger partial charge in [0, 0.05) is 29.6 Å². The number of hydrogen-bond donors (Lipinski definition) is 1. The number of nitrogens with zero attached hydrogens (tertiary/aromatic N) is 3. The maximum absolute atomic E-state index is 5.06. The van der Waals surface area contributed by atoms with Crippen LogP contribution in [0.2, 0.25) is 0 Å². The van der Waals surface area contributed by atoms with E-state index in [1.807, 2.05) is 24.3 Å². The molecule has 3 aromatic heterocycles. The number of hydrogen-bond acceptors (Lipinski definition) is 3. The first-order valence-electron chi connectivity index (χ1n) is 11.6. The molecule has 4 heteroatoms. The van der Waals surface area contributed by atoms with Crippen molar-refractivity contribution in [3.63, 3.8) is 0 Å². The van der Waals surface area contributed by atoms with E-state index in [1.165, 1.54) is 37.7 Å². The van der Waals surface area contributed by atoms with E-state index in [0.29, 0.717) is 6.04 Å². The average Bonchev–Trinajstić information content (AvgIpc) is 3.21. The number of aromatic nitrogens is 3. The minimum absolute atomic E-state index is 0.500. The molecule has 1 aliphatic carbocycles. The lowest BCUT2D eigenvalue weighted by molar-refractivity contribution is 0.462. The van der Waals surface area contributed by atoms with Gasteiger partial charge in [-0.2, -0.15) is 0 Å². The molecule has 1 fully saturated rings. The Balaban J connectivity index is 1.55. The third-order valence-electron chi connectivity index (χ3n) is 6.18. The molecule has 0 atom stereocenters. The number of pyridine rings is 2. The molecule has 0 unspecified atom stereocenters. The number of aryl methyl sites for hydroxylation is 1. The Bertz CT molecular complexity index is 1270. The highest BCUT2D eigenvalue weighted by Gasteiger charge is 2.20. The Morgan fingerprint density at radius 2 is 1.91 bits per heavy atom. The number of benzene rings is 1. The van der Waals surface area contributed by atoms with Crippen LogP contribution in [-0.4, -0.2) is 20.4 Å². The van der Waals surface area contributed by atoms with Gasteiger partial charge in [0.15, 0.2) is 0 Å². The van der Waals surface area contributed by atoms with Crippen LogP contribution in [0.3, 0.4) is 0 Å². The molecule has 0 bridgehead atoms. The van der Waals surface area contributed by atoms with Crippen LogP contribution in [0.25, 0.3) is 16.9 Å². The first kappa shape index (κ1) is 20.3. The second kappa shape index (κ2) is 9.28. The molecular weight excluding hydrogens is 392 g/mol. The Hall–Kier alpha value is -3.58. The summed E-state index contributed by atoms with van der Waals surface area (Å²) in [7, 11) is 0. The van der Waals surface area contributed by atoms with Gasteiger partial charge < -0.3 is 5.32 Å². The zero-order valence-electron chi connectivity index (χ0n) is 18.5. The molecule has 0 aliphatic heterocycles. The number of nitrogens with one attached hydrogen (secondary N) is 1. The van der Waals surface area contributed by atoms with E-state index in [4.69, 9.17) is 4.98 Å². The van der Waals surface area contributed by atoms with Gasteiger partial charge >= 0.3 is 0 Å². The summed E-state index contributed by atoms with van der Waals surface area (Å²) in [4.78, 5) is 9.36. The maximum Gasteiger partial charge on any atom is 0.139 e. The maximum atomic E-state index is 5.06. The summed E-state index contributed by atoms with van der Waals surface area (Å²) in [6.45, 7) is 2.18. The van der Waals surface area contributed by atoms with Crippen LogP contribution < -0.4 is 5.32 Å². The third kappa shape index (κ3) is 4.38. The summed E-state index contributed by atoms with van der Waals surface area (Å²) in [6, 6.07) is 19.0. The highest BCUT2D eigenvalue weighted by Crippen LogP contribution is 2.32. The van der Waals surface area contributed by atoms with E-state index in [9.17, 15) is 0 Å². The molecule has 1 aromatic carbocycles. The van der Waals surface area contributed by atoms with Gasteiger partial charge in [0.25, 0.3) is 0 Å². The van der Waals surface area contributed by atoms with Gasteiger partial charge in [-0.15, -0.1) is 0 Å². The second-order valence-corrected chi connectivity index (χ2v) is 8.45. The molecule has 1 N–H and O–H groups in total. The molecule has 4 aromatic rings. The highest BCUT2D eigenvalue weighted by atomic mass is 15.1. The SMILES string of the molecule is CCc1ccn2c(NC3CCCCC3)c(-c3cccc(C#Cc4ccccn4)c3)nc2c1. The van der Waals surface area contributed by atoms with Crippen LogP contribution in [0.5, 0.6) is 0 Å². The molecule has 0 saturated heterocycles. The summed E-state index contributed by atoms with van der Waals surface area (Å²) < 4.78 is 2.20. The van der Waals surface area contributed by atoms with Crippen LogP contribution in [0, 0.1) is 11.8 Å². The molecule has 0 amide bonds. The smallest absolute Gasteiger partial charge is 0.139 e. The third-order valence-corrected chi connectivity index (χ3v) is 6.18. The second-order valence-electron chi connectivity index (χ2n) is 8.45. The van der Waals surface area contributed by atoms with E-state index in [-0.39, 0.29) is 0 Å². The fraction of sp³-hybridized carbons (Fsp3) is 0.286. The van der Waals surface area contributed by atoms with Crippen molar-refractivity contribution in [2.75, 3.05) is 5.32 Å². The minimum atomic E-state index is 0.500. The van der Waals surface area contributed by atoms with Gasteiger partial charge in [-0.05, 0) is 67.1 Å². The molecular formula is C28H28N4. The largest absolute Gasteiger partial charge is 0.367 e. The van der Waals surface area contributed by atoms with E-state index >= 15 is 0 Å². The first-order valence-corrected chi connectivity index (χ1v) is 11.6. The van der Waals surface area contributed by atoms with Crippen molar-refractivity contribution in [2.45, 2.75) is 51.5 Å². The van der Waals surface area contributed by atoms with Crippen molar-refractivity contribution in [3.8, 4) is 23.1 Å². The van der Waals surface area contributed by atoms with Gasteiger partial charge in [0.2, 0.25) is 0 Å². The fourth-order valence-corrected chi connectivity index (χ4v) is 4.40. The molecule has 160 valence electrons. The Kier molecular flexibility index (Phi) is 5.89. The van der Waals surface area contributed by atoms with Gasteiger partial charge in [-0.1, -0.05) is 50.3 Å². The van der Waals surface area contributed by atoms with Crippen LogP contribution >= 0.6 is 0 Å². The van der Waals surface area contributed by atoms with Crippen molar-refractivity contribution in [1.82, 2.24) is 14.4 Å². The predicted molar refractivity (Wildman–Crippen MR) is 131 cm³/mol. The topological polar surface area (TPSA) is 42.2 Å². The van der Waals surface area contributed by atoms with Gasteiger partial charge in [-0.3, -0.25) is 4.40 Å². The van der Waals surface area contributed by atoms with E-state index < -0.39 is 0 Å². The van der Waals surface area contributed by atoms with Crippen LogP contribution in [-0.2, 0) is 6.42 Å². The summed E-state index contributed by atoms with van der Waals surface area (Å²) in [5, 5.41) is 3.84. The quantitative estimate of drug-likeness (QED) is 0.406. The first-order chi connectivity index (χ1) is 15.8. The number of imidazole rings is 1. The monoisotopic (exact) mass is 420 g/mol. The standard InChI is InChI=1S/C28H28N4/c1-2-21-16-18-32-26(20-21)31-27(28(32)30-25-12-4-3-5-13-25)23-10-8-9-22(19-23)14-15-24-11-6-7-17-29-24/h6-11,16-20,25,30H,2-5,12-13H2,1H3. The Morgan fingerprint density at radius 3 is 2.72 bits per heavy atom. The summed E-state index contributed by atoms with van der Waals surface area (Å²) in [6.07, 6.45) is 11.3. The lowest BCUT2D eigenvalue weighted by Crippen LogP contribution is -2.23. The number of anilines is 1. The van der Waals surface area contributed by atoms with Gasteiger partial charge in [-0.25, -0.2) is 9.97 Å². The zero-order valence-corrected chi connectivity index (χ0v) is 18.5. The van der Waals surface area contributed by atoms with Crippen molar-refractivity contribution in [2.24, 2.45) is 0 Å². The Morgan fingerprint density at radius 1 is 1.00 bits per heavy atom. The van der Waals surface area contributed by atoms with Gasteiger partial charge in [0.05, 0.1) is 0 Å². The molecule has 3 heterocycles. The zero-order chi connectivity index (χ0) is 21.8. The molecule has 0 radical (unpaired) electrons. The molecule has 1 saturated carbocycles. The molecule has 1 aliphatic rings. The number of fused-ring (bicyclic) bond motifs is 1. The molecule has 4 nitrogen and oxygen atoms in total. The lowest BCUT2D eigenvalue weighted by atomic mass is 9.95. The van der Waals surface area contributed by atoms with Crippen molar-refractivity contribution in [3.05, 3.63) is 83.8 Å². The van der Waals surface area contributed by atoms with E-state index in [0.717, 1.165) is 40.4 Å². The van der Waals surface area contributed by atoms with Crippen molar-refractivity contribution < 1.29 is 0 Å². The Labute approximate surface area is 189 Å².